The van der Waals surface area contributed by atoms with E-state index in [2.05, 4.69) is 59.1 Å². The number of hydrogen-bond acceptors (Lipinski definition) is 21. The summed E-state index contributed by atoms with van der Waals surface area (Å²) in [6.07, 6.45) is 8.67. The van der Waals surface area contributed by atoms with Crippen molar-refractivity contribution in [2.24, 2.45) is 28.0 Å². The first-order chi connectivity index (χ1) is 55.7. The van der Waals surface area contributed by atoms with Crippen LogP contribution in [-0.2, 0) is 48.3 Å². The van der Waals surface area contributed by atoms with E-state index in [4.69, 9.17) is 22.5 Å². The Bertz CT molecular complexity index is 4550. The van der Waals surface area contributed by atoms with Gasteiger partial charge < -0.3 is 48.7 Å². The maximum absolute atomic E-state index is 14.8. The summed E-state index contributed by atoms with van der Waals surface area (Å²) in [6, 6.07) is 52.4. The second kappa shape index (κ2) is 51.8. The smallest absolute Gasteiger partial charge is 0.318 e. The van der Waals surface area contributed by atoms with Crippen LogP contribution in [0.4, 0.5) is 13.6 Å². The molecule has 11 N–H and O–H groups in total. The number of hydrogen-bond donors (Lipinski definition) is 8. The maximum atomic E-state index is 14.8. The molecule has 0 radical (unpaired) electrons. The molecule has 6 aromatic carbocycles. The monoisotopic (exact) mass is 1640 g/mol. The number of Topliss-reactive ketones (excluding diaryl/α,β-unsaturated/α-hetero) is 4. The van der Waals surface area contributed by atoms with Crippen LogP contribution in [0, 0.1) is 33.5 Å². The van der Waals surface area contributed by atoms with E-state index in [-0.39, 0.29) is 43.6 Å². The average Bonchev–Trinajstić information content (AvgIpc) is 1.66. The van der Waals surface area contributed by atoms with E-state index in [1.807, 2.05) is 126 Å². The standard InChI is InChI=1S/C23H23N3O2.C21H26F2N4O2.C21H21N3O2S.C16H18N2O4S.3C2H7N.CH4/c1-2-7-22(27)21(26-23(28)18-9-4-3-5-10-18)15-17-8-6-11-19(14-17)20-12-13-24-25-16-20;22-21(23,12-16-4-2-1-3-5-16)13-17(18(28)14-20(15-24)6-7-20)26-19(29)27-10-8-25-9-11-27;1-2-7-19(25)18(23-20(26)16-9-4-3-5-10-16)13-15-8-6-11-17(12-15)21-24-22-14-27-21;1-23(21,22)10-13(14(19)9-16(11-17)7-8-16)18-15(20)12-5-3-2-4-6-12;3*1-2-3;/h3-6,8-14,16,21H,2,7,15H2,1H3,(H,26,28);1-5,17,25H,6-14H2,(H,26,29);3-6,8-12,14,18H,2,7,13H2,1H3,(H,23,26);2-6,13H,7-10H2,1H3,(H,18,20);3*2-3H2,1H3;1H4/t21-;17-;18-;13-;;;;/m0000..../s1. The lowest BCUT2D eigenvalue weighted by atomic mass is 9.92. The highest BCUT2D eigenvalue weighted by atomic mass is 32.2. The molecule has 2 saturated carbocycles. The minimum atomic E-state index is -3.46. The van der Waals surface area contributed by atoms with Gasteiger partial charge in [-0.3, -0.25) is 33.6 Å². The Kier molecular flexibility index (Phi) is 43.5. The van der Waals surface area contributed by atoms with Crippen molar-refractivity contribution in [3.63, 3.8) is 0 Å². The molecule has 0 spiro atoms. The molecule has 5 amide bonds. The van der Waals surface area contributed by atoms with Crippen LogP contribution in [-0.4, -0.2) is 169 Å². The van der Waals surface area contributed by atoms with Gasteiger partial charge in [0, 0.05) is 98.8 Å². The first kappa shape index (κ1) is 98.3. The van der Waals surface area contributed by atoms with E-state index < -0.39 is 92.9 Å². The number of nitrogens with zero attached hydrogens (tertiary/aromatic N) is 7. The van der Waals surface area contributed by atoms with Crippen molar-refractivity contribution in [2.45, 2.75) is 162 Å². The Hall–Kier alpha value is -11.1. The number of ketones is 4. The topological polar surface area (TPSA) is 411 Å². The Labute approximate surface area is 691 Å². The summed E-state index contributed by atoms with van der Waals surface area (Å²) in [6.45, 7) is 14.0. The Morgan fingerprint density at radius 3 is 1.34 bits per heavy atom. The molecule has 3 aliphatic rings. The minimum Gasteiger partial charge on any atom is -0.342 e. The van der Waals surface area contributed by atoms with Crippen LogP contribution in [0.3, 0.4) is 0 Å². The van der Waals surface area contributed by atoms with Crippen LogP contribution in [0.15, 0.2) is 194 Å². The van der Waals surface area contributed by atoms with E-state index in [1.165, 1.54) is 16.2 Å². The molecule has 3 fully saturated rings. The first-order valence-corrected chi connectivity index (χ1v) is 41.8. The van der Waals surface area contributed by atoms with E-state index >= 15 is 0 Å². The van der Waals surface area contributed by atoms with Crippen LogP contribution >= 0.6 is 11.3 Å². The zero-order valence-electron chi connectivity index (χ0n) is 66.9. The fourth-order valence-electron chi connectivity index (χ4n) is 11.8. The van der Waals surface area contributed by atoms with Crippen LogP contribution in [0.1, 0.15) is 160 Å². The van der Waals surface area contributed by atoms with Crippen molar-refractivity contribution >= 4 is 68.1 Å². The van der Waals surface area contributed by atoms with E-state index in [0.717, 1.165) is 71.6 Å². The number of rotatable bonds is 31. The van der Waals surface area contributed by atoms with Gasteiger partial charge in [0.2, 0.25) is 0 Å². The quantitative estimate of drug-likeness (QED) is 0.0200. The molecule has 4 atom stereocenters. The fraction of sp³-hybridized carbons (Fsp3) is 0.409. The third-order valence-electron chi connectivity index (χ3n) is 18.0. The lowest BCUT2D eigenvalue weighted by molar-refractivity contribution is -0.124. The Morgan fingerprint density at radius 1 is 0.538 bits per heavy atom. The van der Waals surface area contributed by atoms with Gasteiger partial charge >= 0.3 is 6.03 Å². The predicted octanol–water partition coefficient (Wildman–Crippen LogP) is 11.9. The molecule has 1 aliphatic heterocycles. The molecule has 626 valence electrons. The number of carbonyl (C=O) groups is 8. The average molecular weight is 1640 g/mol. The van der Waals surface area contributed by atoms with Crippen molar-refractivity contribution in [3.8, 4) is 33.8 Å². The first-order valence-electron chi connectivity index (χ1n) is 38.8. The SMILES string of the molecule is C.CCCC(=O)[C@H](Cc1cccc(-c2ccnnc2)c1)NC(=O)c1ccccc1.CCCC(=O)[C@H](Cc1cccc(-c2nncs2)c1)NC(=O)c1ccccc1.CCN.CCN.CCN.CS(=O)(=O)C[C@H](NC(=O)c1ccccc1)C(=O)CC1(C#N)CC1.N#CC1(CC(=O)[C@H](CC(F)(F)Cc2ccccc2)NC(=O)N2CCNCC2)CC1. The van der Waals surface area contributed by atoms with Gasteiger partial charge in [-0.1, -0.05) is 181 Å². The summed E-state index contributed by atoms with van der Waals surface area (Å²) in [5.74, 6) is -5.43. The number of aromatic nitrogens is 4. The zero-order valence-corrected chi connectivity index (χ0v) is 68.5. The molecular formula is C88H113F2N15O10S2. The number of nitrogens with one attached hydrogen (secondary N) is 5. The molecule has 8 aromatic rings. The second-order valence-corrected chi connectivity index (χ2v) is 31.2. The van der Waals surface area contributed by atoms with Crippen molar-refractivity contribution in [3.05, 3.63) is 227 Å². The lowest BCUT2D eigenvalue weighted by Crippen LogP contribution is -2.54. The van der Waals surface area contributed by atoms with E-state index in [1.54, 1.807) is 103 Å². The third-order valence-corrected chi connectivity index (χ3v) is 19.7. The summed E-state index contributed by atoms with van der Waals surface area (Å²) < 4.78 is 52.6. The normalized spacial score (nSPS) is 14.0. The molecule has 117 heavy (non-hydrogen) atoms. The van der Waals surface area contributed by atoms with Crippen LogP contribution < -0.4 is 43.8 Å². The van der Waals surface area contributed by atoms with E-state index in [9.17, 15) is 60.8 Å². The van der Waals surface area contributed by atoms with Gasteiger partial charge in [-0.15, -0.1) is 10.2 Å². The lowest BCUT2D eigenvalue weighted by Gasteiger charge is -2.30. The molecule has 2 aliphatic carbocycles. The van der Waals surface area contributed by atoms with Crippen LogP contribution in [0.5, 0.6) is 0 Å². The molecule has 0 unspecified atom stereocenters. The van der Waals surface area contributed by atoms with Crippen molar-refractivity contribution < 1.29 is 55.6 Å². The van der Waals surface area contributed by atoms with Crippen molar-refractivity contribution in [1.82, 2.24) is 51.9 Å². The zero-order chi connectivity index (χ0) is 84.9. The van der Waals surface area contributed by atoms with E-state index in [0.29, 0.717) is 99.8 Å². The molecule has 1 saturated heterocycles. The molecule has 29 heteroatoms. The van der Waals surface area contributed by atoms with Gasteiger partial charge in [0.15, 0.2) is 23.1 Å². The number of halogens is 2. The van der Waals surface area contributed by atoms with Gasteiger partial charge in [-0.2, -0.15) is 20.7 Å². The van der Waals surface area contributed by atoms with Crippen molar-refractivity contribution in [2.75, 3.05) is 57.8 Å². The highest BCUT2D eigenvalue weighted by Crippen LogP contribution is 2.49. The molecule has 25 nitrogen and oxygen atoms in total. The largest absolute Gasteiger partial charge is 0.342 e. The number of amides is 5. The van der Waals surface area contributed by atoms with Gasteiger partial charge in [0.1, 0.15) is 26.4 Å². The predicted molar refractivity (Wildman–Crippen MR) is 454 cm³/mol. The van der Waals surface area contributed by atoms with Crippen LogP contribution in [0.2, 0.25) is 0 Å². The Balaban J connectivity index is 0.000000317. The van der Waals surface area contributed by atoms with Gasteiger partial charge in [-0.25, -0.2) is 22.0 Å². The summed E-state index contributed by atoms with van der Waals surface area (Å²) in [5.41, 5.74) is 21.6. The highest BCUT2D eigenvalue weighted by molar-refractivity contribution is 7.90. The summed E-state index contributed by atoms with van der Waals surface area (Å²) in [5, 5.41) is 48.8. The summed E-state index contributed by atoms with van der Waals surface area (Å²) in [7, 11) is -3.46. The molecule has 2 aromatic heterocycles. The number of urea groups is 1. The molecule has 11 rings (SSSR count). The molecular weight excluding hydrogens is 1530 g/mol. The van der Waals surface area contributed by atoms with Gasteiger partial charge in [0.05, 0.1) is 59.2 Å². The van der Waals surface area contributed by atoms with Gasteiger partial charge in [0.25, 0.3) is 23.6 Å². The third kappa shape index (κ3) is 36.3. The minimum absolute atomic E-state index is 0. The van der Waals surface area contributed by atoms with Crippen LogP contribution in [0.25, 0.3) is 21.7 Å². The van der Waals surface area contributed by atoms with Gasteiger partial charge in [-0.05, 0) is 142 Å². The van der Waals surface area contributed by atoms with Crippen molar-refractivity contribution in [1.29, 1.82) is 10.5 Å². The number of piperazine rings is 1. The number of alkyl halides is 2. The molecule has 3 heterocycles. The maximum Gasteiger partial charge on any atom is 0.318 e. The molecule has 0 bridgehead atoms. The number of nitrogens with two attached hydrogens (primary N) is 3. The summed E-state index contributed by atoms with van der Waals surface area (Å²) in [4.78, 5) is 102. The number of carbonyl (C=O) groups excluding carboxylic acids is 8. The highest BCUT2D eigenvalue weighted by Gasteiger charge is 2.48. The number of benzene rings is 6. The fourth-order valence-corrected chi connectivity index (χ4v) is 13.2. The number of sulfone groups is 1. The Morgan fingerprint density at radius 2 is 0.949 bits per heavy atom. The number of nitriles is 2. The second-order valence-electron chi connectivity index (χ2n) is 28.1. The summed E-state index contributed by atoms with van der Waals surface area (Å²) >= 11 is 1.47.